The van der Waals surface area contributed by atoms with Crippen LogP contribution in [0, 0.1) is 0 Å². The largest absolute Gasteiger partial charge is 0.490 e. The minimum atomic E-state index is -0.670. The molecule has 0 saturated carbocycles. The Morgan fingerprint density at radius 2 is 1.92 bits per heavy atom. The van der Waals surface area contributed by atoms with Crippen molar-refractivity contribution in [3.05, 3.63) is 76.1 Å². The molecule has 0 saturated heterocycles. The number of benzene rings is 2. The fourth-order valence-electron chi connectivity index (χ4n) is 2.61. The molecule has 2 aromatic carbocycles. The van der Waals surface area contributed by atoms with Gasteiger partial charge < -0.3 is 14.5 Å². The Balaban J connectivity index is 1.77. The summed E-state index contributed by atoms with van der Waals surface area (Å²) in [5.41, 5.74) is 0.802. The van der Waals surface area contributed by atoms with E-state index in [0.717, 1.165) is 5.56 Å². The first-order valence-electron chi connectivity index (χ1n) is 8.21. The highest BCUT2D eigenvalue weighted by Crippen LogP contribution is 2.24. The van der Waals surface area contributed by atoms with E-state index in [1.165, 1.54) is 0 Å². The van der Waals surface area contributed by atoms with E-state index in [4.69, 9.17) is 9.15 Å². The van der Waals surface area contributed by atoms with E-state index >= 15 is 0 Å². The van der Waals surface area contributed by atoms with Crippen LogP contribution in [0.15, 0.2) is 63.8 Å². The summed E-state index contributed by atoms with van der Waals surface area (Å²) in [6, 6.07) is 16.7. The fourth-order valence-corrected chi connectivity index (χ4v) is 2.61. The van der Waals surface area contributed by atoms with Gasteiger partial charge in [-0.25, -0.2) is 4.79 Å². The third-order valence-corrected chi connectivity index (χ3v) is 3.81. The summed E-state index contributed by atoms with van der Waals surface area (Å²) < 4.78 is 10.8. The summed E-state index contributed by atoms with van der Waals surface area (Å²) in [6.45, 7) is 2.76. The predicted octanol–water partition coefficient (Wildman–Crippen LogP) is 3.16. The van der Waals surface area contributed by atoms with Crippen LogP contribution in [-0.2, 0) is 6.42 Å². The van der Waals surface area contributed by atoms with Gasteiger partial charge in [0, 0.05) is 11.9 Å². The topological polar surface area (TPSA) is 68.5 Å². The van der Waals surface area contributed by atoms with Crippen molar-refractivity contribution in [2.75, 3.05) is 13.2 Å². The molecular weight excluding hydrogens is 318 g/mol. The molecule has 5 heteroatoms. The van der Waals surface area contributed by atoms with Crippen LogP contribution in [0.3, 0.4) is 0 Å². The van der Waals surface area contributed by atoms with E-state index in [0.29, 0.717) is 36.3 Å². The van der Waals surface area contributed by atoms with Crippen molar-refractivity contribution in [2.45, 2.75) is 13.3 Å². The number of amides is 1. The standard InChI is InChI=1S/C20H19NO4/c1-2-24-17-10-6-9-15-13-16(20(23)25-18(15)17)19(22)21-12-11-14-7-4-3-5-8-14/h3-10,13H,2,11-12H2,1H3,(H,21,22). The van der Waals surface area contributed by atoms with Crippen LogP contribution in [0.25, 0.3) is 11.0 Å². The van der Waals surface area contributed by atoms with Gasteiger partial charge in [-0.1, -0.05) is 42.5 Å². The second-order valence-corrected chi connectivity index (χ2v) is 5.55. The zero-order chi connectivity index (χ0) is 17.6. The maximum absolute atomic E-state index is 12.3. The lowest BCUT2D eigenvalue weighted by atomic mass is 10.1. The van der Waals surface area contributed by atoms with E-state index in [-0.39, 0.29) is 5.56 Å². The molecule has 0 atom stereocenters. The minimum absolute atomic E-state index is 0.00536. The molecular formula is C20H19NO4. The Labute approximate surface area is 145 Å². The van der Waals surface area contributed by atoms with Crippen LogP contribution in [0.2, 0.25) is 0 Å². The predicted molar refractivity (Wildman–Crippen MR) is 96.1 cm³/mol. The number of hydrogen-bond acceptors (Lipinski definition) is 4. The van der Waals surface area contributed by atoms with Crippen molar-refractivity contribution in [1.29, 1.82) is 0 Å². The van der Waals surface area contributed by atoms with Crippen LogP contribution >= 0.6 is 0 Å². The Hall–Kier alpha value is -3.08. The van der Waals surface area contributed by atoms with Crippen molar-refractivity contribution in [1.82, 2.24) is 5.32 Å². The van der Waals surface area contributed by atoms with E-state index in [2.05, 4.69) is 5.32 Å². The Morgan fingerprint density at radius 1 is 1.12 bits per heavy atom. The third-order valence-electron chi connectivity index (χ3n) is 3.81. The van der Waals surface area contributed by atoms with E-state index in [1.807, 2.05) is 37.3 Å². The average Bonchev–Trinajstić information content (AvgIpc) is 2.63. The van der Waals surface area contributed by atoms with Gasteiger partial charge in [-0.15, -0.1) is 0 Å². The first-order chi connectivity index (χ1) is 12.2. The minimum Gasteiger partial charge on any atom is -0.490 e. The highest BCUT2D eigenvalue weighted by Gasteiger charge is 2.15. The van der Waals surface area contributed by atoms with Crippen molar-refractivity contribution < 1.29 is 13.9 Å². The van der Waals surface area contributed by atoms with Crippen molar-refractivity contribution in [3.63, 3.8) is 0 Å². The van der Waals surface area contributed by atoms with Crippen LogP contribution < -0.4 is 15.7 Å². The normalized spacial score (nSPS) is 10.6. The molecule has 25 heavy (non-hydrogen) atoms. The number of hydrogen-bond donors (Lipinski definition) is 1. The fraction of sp³-hybridized carbons (Fsp3) is 0.200. The molecule has 3 aromatic rings. The number of ether oxygens (including phenoxy) is 1. The molecule has 128 valence electrons. The van der Waals surface area contributed by atoms with E-state index < -0.39 is 11.5 Å². The first kappa shape index (κ1) is 16.8. The molecule has 3 rings (SSSR count). The van der Waals surface area contributed by atoms with Crippen molar-refractivity contribution in [2.24, 2.45) is 0 Å². The van der Waals surface area contributed by atoms with Gasteiger partial charge in [-0.2, -0.15) is 0 Å². The number of fused-ring (bicyclic) bond motifs is 1. The molecule has 0 bridgehead atoms. The second-order valence-electron chi connectivity index (χ2n) is 5.55. The second kappa shape index (κ2) is 7.66. The Kier molecular flexibility index (Phi) is 5.14. The maximum atomic E-state index is 12.3. The lowest BCUT2D eigenvalue weighted by Crippen LogP contribution is -2.29. The van der Waals surface area contributed by atoms with Crippen LogP contribution in [0.5, 0.6) is 5.75 Å². The summed E-state index contributed by atoms with van der Waals surface area (Å²) in [5.74, 6) is 0.0570. The summed E-state index contributed by atoms with van der Waals surface area (Å²) in [7, 11) is 0. The SMILES string of the molecule is CCOc1cccc2cc(C(=O)NCCc3ccccc3)c(=O)oc12. The quantitative estimate of drug-likeness (QED) is 0.702. The van der Waals surface area contributed by atoms with Gasteiger partial charge in [0.15, 0.2) is 11.3 Å². The highest BCUT2D eigenvalue weighted by molar-refractivity contribution is 5.97. The van der Waals surface area contributed by atoms with Gasteiger partial charge in [-0.3, -0.25) is 4.79 Å². The molecule has 1 amide bonds. The van der Waals surface area contributed by atoms with Gasteiger partial charge in [-0.05, 0) is 31.0 Å². The summed E-state index contributed by atoms with van der Waals surface area (Å²) >= 11 is 0. The number of carbonyl (C=O) groups excluding carboxylic acids is 1. The van der Waals surface area contributed by atoms with Gasteiger partial charge in [0.1, 0.15) is 5.56 Å². The number of rotatable bonds is 6. The van der Waals surface area contributed by atoms with Gasteiger partial charge >= 0.3 is 5.63 Å². The van der Waals surface area contributed by atoms with Crippen LogP contribution in [0.4, 0.5) is 0 Å². The molecule has 0 aliphatic heterocycles. The van der Waals surface area contributed by atoms with E-state index in [9.17, 15) is 9.59 Å². The average molecular weight is 337 g/mol. The summed E-state index contributed by atoms with van der Waals surface area (Å²) in [4.78, 5) is 24.5. The molecule has 0 spiro atoms. The molecule has 1 N–H and O–H groups in total. The molecule has 0 aliphatic rings. The Bertz CT molecular complexity index is 931. The maximum Gasteiger partial charge on any atom is 0.349 e. The molecule has 0 aliphatic carbocycles. The molecule has 0 fully saturated rings. The van der Waals surface area contributed by atoms with E-state index in [1.54, 1.807) is 24.3 Å². The first-order valence-corrected chi connectivity index (χ1v) is 8.21. The zero-order valence-electron chi connectivity index (χ0n) is 14.0. The molecule has 1 aromatic heterocycles. The lowest BCUT2D eigenvalue weighted by Gasteiger charge is -2.08. The number of carbonyl (C=O) groups is 1. The molecule has 5 nitrogen and oxygen atoms in total. The summed E-state index contributed by atoms with van der Waals surface area (Å²) in [5, 5.41) is 3.41. The smallest absolute Gasteiger partial charge is 0.349 e. The third kappa shape index (κ3) is 3.88. The molecule has 0 unspecified atom stereocenters. The van der Waals surface area contributed by atoms with Gasteiger partial charge in [0.25, 0.3) is 5.91 Å². The van der Waals surface area contributed by atoms with Gasteiger partial charge in [0.05, 0.1) is 6.61 Å². The summed E-state index contributed by atoms with van der Waals surface area (Å²) in [6.07, 6.45) is 0.694. The zero-order valence-corrected chi connectivity index (χ0v) is 14.0. The molecule has 0 radical (unpaired) electrons. The monoisotopic (exact) mass is 337 g/mol. The van der Waals surface area contributed by atoms with Gasteiger partial charge in [0.2, 0.25) is 0 Å². The number of para-hydroxylation sites is 1. The van der Waals surface area contributed by atoms with Crippen LogP contribution in [-0.4, -0.2) is 19.1 Å². The van der Waals surface area contributed by atoms with Crippen molar-refractivity contribution >= 4 is 16.9 Å². The van der Waals surface area contributed by atoms with Crippen LogP contribution in [0.1, 0.15) is 22.8 Å². The lowest BCUT2D eigenvalue weighted by molar-refractivity contribution is 0.0950. The molecule has 1 heterocycles. The highest BCUT2D eigenvalue weighted by atomic mass is 16.5. The number of nitrogens with one attached hydrogen (secondary N) is 1. The Morgan fingerprint density at radius 3 is 2.68 bits per heavy atom. The van der Waals surface area contributed by atoms with Crippen molar-refractivity contribution in [3.8, 4) is 5.75 Å².